The van der Waals surface area contributed by atoms with E-state index in [9.17, 15) is 9.18 Å². The maximum atomic E-state index is 13.3. The van der Waals surface area contributed by atoms with Crippen molar-refractivity contribution in [2.75, 3.05) is 5.32 Å². The first kappa shape index (κ1) is 11.9. The van der Waals surface area contributed by atoms with Gasteiger partial charge < -0.3 is 5.32 Å². The van der Waals surface area contributed by atoms with Crippen molar-refractivity contribution in [3.8, 4) is 0 Å². The van der Waals surface area contributed by atoms with Crippen LogP contribution in [-0.4, -0.2) is 5.91 Å². The second-order valence-corrected chi connectivity index (χ2v) is 4.69. The summed E-state index contributed by atoms with van der Waals surface area (Å²) < 4.78 is 13.3. The highest BCUT2D eigenvalue weighted by Crippen LogP contribution is 2.33. The molecular formula is C15H9ClFNO. The molecule has 2 aromatic rings. The van der Waals surface area contributed by atoms with E-state index in [-0.39, 0.29) is 11.7 Å². The van der Waals surface area contributed by atoms with Crippen LogP contribution in [0.5, 0.6) is 0 Å². The lowest BCUT2D eigenvalue weighted by Gasteiger charge is -1.99. The van der Waals surface area contributed by atoms with Gasteiger partial charge >= 0.3 is 0 Å². The molecule has 0 unspecified atom stereocenters. The predicted molar refractivity (Wildman–Crippen MR) is 74.4 cm³/mol. The molecule has 0 bridgehead atoms. The van der Waals surface area contributed by atoms with E-state index in [1.807, 2.05) is 0 Å². The van der Waals surface area contributed by atoms with E-state index in [0.29, 0.717) is 21.8 Å². The summed E-state index contributed by atoms with van der Waals surface area (Å²) in [5.41, 5.74) is 2.51. The molecule has 0 aromatic heterocycles. The lowest BCUT2D eigenvalue weighted by atomic mass is 10.0. The summed E-state index contributed by atoms with van der Waals surface area (Å²) >= 11 is 5.81. The van der Waals surface area contributed by atoms with Crippen LogP contribution in [0, 0.1) is 5.82 Å². The molecular weight excluding hydrogens is 265 g/mol. The third kappa shape index (κ3) is 2.25. The lowest BCUT2D eigenvalue weighted by Crippen LogP contribution is -2.03. The summed E-state index contributed by atoms with van der Waals surface area (Å²) in [6, 6.07) is 11.3. The molecule has 19 heavy (non-hydrogen) atoms. The third-order valence-electron chi connectivity index (χ3n) is 2.95. The van der Waals surface area contributed by atoms with Crippen molar-refractivity contribution < 1.29 is 9.18 Å². The van der Waals surface area contributed by atoms with Gasteiger partial charge in [0.05, 0.1) is 0 Å². The Labute approximate surface area is 114 Å². The molecule has 0 fully saturated rings. The fraction of sp³-hybridized carbons (Fsp3) is 0. The Bertz CT molecular complexity index is 692. The molecule has 0 aliphatic carbocycles. The highest BCUT2D eigenvalue weighted by atomic mass is 35.5. The van der Waals surface area contributed by atoms with Gasteiger partial charge in [-0.15, -0.1) is 0 Å². The fourth-order valence-electron chi connectivity index (χ4n) is 2.03. The van der Waals surface area contributed by atoms with Gasteiger partial charge in [-0.1, -0.05) is 23.7 Å². The average Bonchev–Trinajstić information content (AvgIpc) is 2.69. The van der Waals surface area contributed by atoms with Gasteiger partial charge in [-0.05, 0) is 42.0 Å². The zero-order valence-corrected chi connectivity index (χ0v) is 10.5. The predicted octanol–water partition coefficient (Wildman–Crippen LogP) is 3.97. The van der Waals surface area contributed by atoms with E-state index in [0.717, 1.165) is 5.56 Å². The number of rotatable bonds is 1. The Balaban J connectivity index is 2.08. The molecule has 3 rings (SSSR count). The summed E-state index contributed by atoms with van der Waals surface area (Å²) in [6.07, 6.45) is 1.72. The van der Waals surface area contributed by atoms with Crippen molar-refractivity contribution in [1.29, 1.82) is 0 Å². The summed E-state index contributed by atoms with van der Waals surface area (Å²) in [4.78, 5) is 11.9. The zero-order valence-electron chi connectivity index (χ0n) is 9.78. The number of carbonyl (C=O) groups excluding carboxylic acids is 1. The molecule has 1 heterocycles. The van der Waals surface area contributed by atoms with E-state index in [2.05, 4.69) is 5.32 Å². The fourth-order valence-corrected chi connectivity index (χ4v) is 2.16. The monoisotopic (exact) mass is 273 g/mol. The highest BCUT2D eigenvalue weighted by Gasteiger charge is 2.24. The van der Waals surface area contributed by atoms with Crippen molar-refractivity contribution in [2.24, 2.45) is 0 Å². The number of nitrogens with one attached hydrogen (secondary N) is 1. The van der Waals surface area contributed by atoms with Gasteiger partial charge in [0.25, 0.3) is 5.91 Å². The maximum absolute atomic E-state index is 13.3. The molecule has 94 valence electrons. The number of hydrogen-bond donors (Lipinski definition) is 1. The summed E-state index contributed by atoms with van der Waals surface area (Å²) in [6.45, 7) is 0. The minimum atomic E-state index is -0.364. The molecule has 2 aromatic carbocycles. The van der Waals surface area contributed by atoms with Crippen LogP contribution in [0.2, 0.25) is 5.02 Å². The zero-order chi connectivity index (χ0) is 13.4. The molecule has 4 heteroatoms. The minimum Gasteiger partial charge on any atom is -0.321 e. The van der Waals surface area contributed by atoms with Gasteiger partial charge in [-0.3, -0.25) is 4.79 Å². The largest absolute Gasteiger partial charge is 0.321 e. The first-order chi connectivity index (χ1) is 9.13. The first-order valence-electron chi connectivity index (χ1n) is 5.72. The Morgan fingerprint density at radius 3 is 2.58 bits per heavy atom. The smallest absolute Gasteiger partial charge is 0.256 e. The molecule has 1 amide bonds. The number of halogens is 2. The third-order valence-corrected chi connectivity index (χ3v) is 3.20. The number of fused-ring (bicyclic) bond motifs is 1. The van der Waals surface area contributed by atoms with Crippen LogP contribution in [0.1, 0.15) is 11.1 Å². The number of anilines is 1. The maximum Gasteiger partial charge on any atom is 0.256 e. The van der Waals surface area contributed by atoms with Crippen LogP contribution in [0.25, 0.3) is 11.6 Å². The van der Waals surface area contributed by atoms with Crippen LogP contribution < -0.4 is 5.32 Å². The second-order valence-electron chi connectivity index (χ2n) is 4.25. The van der Waals surface area contributed by atoms with Crippen molar-refractivity contribution in [3.05, 3.63) is 64.4 Å². The lowest BCUT2D eigenvalue weighted by molar-refractivity contribution is -0.110. The van der Waals surface area contributed by atoms with Crippen LogP contribution in [0.3, 0.4) is 0 Å². The second kappa shape index (κ2) is 4.52. The number of amides is 1. The van der Waals surface area contributed by atoms with Crippen LogP contribution in [0.15, 0.2) is 42.5 Å². The Kier molecular flexibility index (Phi) is 2.84. The Morgan fingerprint density at radius 2 is 1.84 bits per heavy atom. The van der Waals surface area contributed by atoms with Crippen LogP contribution >= 0.6 is 11.6 Å². The van der Waals surface area contributed by atoms with Gasteiger partial charge in [0.15, 0.2) is 0 Å². The molecule has 0 atom stereocenters. The van der Waals surface area contributed by atoms with Gasteiger partial charge in [-0.2, -0.15) is 0 Å². The quantitative estimate of drug-likeness (QED) is 0.783. The Morgan fingerprint density at radius 1 is 1.11 bits per heavy atom. The van der Waals surface area contributed by atoms with E-state index in [1.54, 1.807) is 36.4 Å². The number of benzene rings is 2. The van der Waals surface area contributed by atoms with Gasteiger partial charge in [0.2, 0.25) is 0 Å². The van der Waals surface area contributed by atoms with Crippen molar-refractivity contribution in [3.63, 3.8) is 0 Å². The molecule has 0 saturated carbocycles. The highest BCUT2D eigenvalue weighted by molar-refractivity contribution is 6.35. The van der Waals surface area contributed by atoms with E-state index < -0.39 is 0 Å². The van der Waals surface area contributed by atoms with Crippen molar-refractivity contribution >= 4 is 34.8 Å². The minimum absolute atomic E-state index is 0.226. The number of hydrogen-bond acceptors (Lipinski definition) is 1. The average molecular weight is 274 g/mol. The normalized spacial score (nSPS) is 15.5. The molecule has 1 aliphatic heterocycles. The molecule has 1 N–H and O–H groups in total. The van der Waals surface area contributed by atoms with Gasteiger partial charge in [0, 0.05) is 21.8 Å². The van der Waals surface area contributed by atoms with Gasteiger partial charge in [0.1, 0.15) is 5.82 Å². The standard InChI is InChI=1S/C15H9ClFNO/c16-10-3-1-9(2-4-10)7-13-12-8-11(17)5-6-14(12)18-15(13)19/h1-8H,(H,18,19)/b13-7-. The van der Waals surface area contributed by atoms with E-state index >= 15 is 0 Å². The van der Waals surface area contributed by atoms with Crippen molar-refractivity contribution in [2.45, 2.75) is 0 Å². The molecule has 0 spiro atoms. The molecule has 2 nitrogen and oxygen atoms in total. The topological polar surface area (TPSA) is 29.1 Å². The van der Waals surface area contributed by atoms with E-state index in [4.69, 9.17) is 11.6 Å². The number of carbonyl (C=O) groups is 1. The SMILES string of the molecule is O=C1Nc2ccc(F)cc2/C1=C/c1ccc(Cl)cc1. The molecule has 0 saturated heterocycles. The summed E-state index contributed by atoms with van der Waals surface area (Å²) in [5.74, 6) is -0.590. The van der Waals surface area contributed by atoms with Crippen LogP contribution in [-0.2, 0) is 4.79 Å². The van der Waals surface area contributed by atoms with Crippen molar-refractivity contribution in [1.82, 2.24) is 0 Å². The molecule has 1 aliphatic rings. The van der Waals surface area contributed by atoms with Crippen LogP contribution in [0.4, 0.5) is 10.1 Å². The Hall–Kier alpha value is -2.13. The van der Waals surface area contributed by atoms with E-state index in [1.165, 1.54) is 12.1 Å². The summed E-state index contributed by atoms with van der Waals surface area (Å²) in [5, 5.41) is 3.34. The summed E-state index contributed by atoms with van der Waals surface area (Å²) in [7, 11) is 0. The molecule has 0 radical (unpaired) electrons. The first-order valence-corrected chi connectivity index (χ1v) is 6.10. The van der Waals surface area contributed by atoms with Gasteiger partial charge in [-0.25, -0.2) is 4.39 Å².